The molecule has 0 aromatic carbocycles. The molecule has 118 valence electrons. The lowest BCUT2D eigenvalue weighted by atomic mass is 9.77. The van der Waals surface area contributed by atoms with E-state index in [2.05, 4.69) is 28.9 Å². The summed E-state index contributed by atoms with van der Waals surface area (Å²) < 4.78 is 5.86. The summed E-state index contributed by atoms with van der Waals surface area (Å²) in [4.78, 5) is 14.5. The molecule has 1 spiro atoms. The summed E-state index contributed by atoms with van der Waals surface area (Å²) in [5.41, 5.74) is 1.52. The van der Waals surface area contributed by atoms with Gasteiger partial charge in [0.25, 0.3) is 0 Å². The van der Waals surface area contributed by atoms with Crippen LogP contribution in [0.3, 0.4) is 0 Å². The van der Waals surface area contributed by atoms with E-state index in [9.17, 15) is 4.79 Å². The van der Waals surface area contributed by atoms with Crippen molar-refractivity contribution >= 4 is 5.97 Å². The van der Waals surface area contributed by atoms with Crippen LogP contribution in [0.4, 0.5) is 0 Å². The average molecular weight is 308 g/mol. The highest BCUT2D eigenvalue weighted by atomic mass is 16.6. The molecule has 1 aliphatic carbocycles. The van der Waals surface area contributed by atoms with Gasteiger partial charge in [0.05, 0.1) is 12.1 Å². The average Bonchev–Trinajstić information content (AvgIpc) is 3.03. The van der Waals surface area contributed by atoms with Crippen molar-refractivity contribution in [1.82, 2.24) is 4.90 Å². The van der Waals surface area contributed by atoms with Crippen molar-refractivity contribution in [2.45, 2.75) is 62.6 Å². The summed E-state index contributed by atoms with van der Waals surface area (Å²) in [6.45, 7) is 1.08. The van der Waals surface area contributed by atoms with Crippen molar-refractivity contribution in [2.24, 2.45) is 0 Å². The number of hydrogen-bond acceptors (Lipinski definition) is 4. The van der Waals surface area contributed by atoms with Crippen molar-refractivity contribution in [1.29, 1.82) is 5.26 Å². The van der Waals surface area contributed by atoms with Crippen LogP contribution in [0, 0.1) is 23.2 Å². The second-order valence-corrected chi connectivity index (χ2v) is 6.78. The van der Waals surface area contributed by atoms with Crippen LogP contribution < -0.4 is 0 Å². The Kier molecular flexibility index (Phi) is 3.51. The Bertz CT molecular complexity index is 703. The van der Waals surface area contributed by atoms with Crippen molar-refractivity contribution in [3.05, 3.63) is 23.3 Å². The molecule has 23 heavy (non-hydrogen) atoms. The van der Waals surface area contributed by atoms with Gasteiger partial charge in [0.15, 0.2) is 5.60 Å². The van der Waals surface area contributed by atoms with Gasteiger partial charge >= 0.3 is 5.97 Å². The zero-order valence-electron chi connectivity index (χ0n) is 13.2. The first-order chi connectivity index (χ1) is 11.2. The fourth-order valence-electron chi connectivity index (χ4n) is 4.58. The van der Waals surface area contributed by atoms with E-state index in [-0.39, 0.29) is 5.97 Å². The molecule has 0 saturated carbocycles. The Labute approximate surface area is 136 Å². The molecule has 2 bridgehead atoms. The molecule has 2 fully saturated rings. The van der Waals surface area contributed by atoms with E-state index >= 15 is 0 Å². The molecule has 2 saturated heterocycles. The molecular weight excluding hydrogens is 288 g/mol. The number of carbonyl (C=O) groups excluding carboxylic acids is 1. The molecule has 3 aliphatic heterocycles. The molecule has 3 heterocycles. The van der Waals surface area contributed by atoms with Gasteiger partial charge in [-0.2, -0.15) is 5.26 Å². The normalized spacial score (nSPS) is 34.3. The van der Waals surface area contributed by atoms with E-state index in [1.165, 1.54) is 12.8 Å². The van der Waals surface area contributed by atoms with Crippen molar-refractivity contribution in [3.63, 3.8) is 0 Å². The van der Waals surface area contributed by atoms with Crippen LogP contribution in [0.15, 0.2) is 23.3 Å². The highest BCUT2D eigenvalue weighted by Crippen LogP contribution is 2.53. The minimum Gasteiger partial charge on any atom is -0.449 e. The lowest BCUT2D eigenvalue weighted by molar-refractivity contribution is -0.148. The third-order valence-corrected chi connectivity index (χ3v) is 5.48. The van der Waals surface area contributed by atoms with Gasteiger partial charge in [-0.1, -0.05) is 24.3 Å². The maximum absolute atomic E-state index is 12.0. The van der Waals surface area contributed by atoms with E-state index in [0.717, 1.165) is 43.4 Å². The molecule has 4 nitrogen and oxygen atoms in total. The van der Waals surface area contributed by atoms with Gasteiger partial charge in [0.1, 0.15) is 0 Å². The number of nitriles is 1. The summed E-state index contributed by atoms with van der Waals surface area (Å²) in [5, 5.41) is 8.58. The van der Waals surface area contributed by atoms with Gasteiger partial charge in [-0.3, -0.25) is 4.90 Å². The minimum absolute atomic E-state index is 0.217. The van der Waals surface area contributed by atoms with E-state index in [1.807, 2.05) is 0 Å². The van der Waals surface area contributed by atoms with Crippen LogP contribution in [0.1, 0.15) is 44.9 Å². The Morgan fingerprint density at radius 3 is 3.17 bits per heavy atom. The van der Waals surface area contributed by atoms with Gasteiger partial charge in [-0.05, 0) is 25.8 Å². The zero-order valence-corrected chi connectivity index (χ0v) is 13.2. The number of unbranched alkanes of at least 4 members (excludes halogenated alkanes) is 2. The molecule has 0 aromatic rings. The molecule has 3 atom stereocenters. The van der Waals surface area contributed by atoms with E-state index in [0.29, 0.717) is 18.5 Å². The monoisotopic (exact) mass is 308 g/mol. The Hall–Kier alpha value is -2.04. The first-order valence-electron chi connectivity index (χ1n) is 8.53. The number of piperidine rings is 1. The predicted octanol–water partition coefficient (Wildman–Crippen LogP) is 2.47. The van der Waals surface area contributed by atoms with Crippen LogP contribution in [0.25, 0.3) is 0 Å². The molecule has 4 heteroatoms. The SMILES string of the molecule is N#CCCCC#CC1=C[C@@H]2C[C@@]3(OC(=O)C=C13)C1CCCCN12. The maximum atomic E-state index is 12.0. The van der Waals surface area contributed by atoms with Crippen LogP contribution in [0.2, 0.25) is 0 Å². The van der Waals surface area contributed by atoms with E-state index in [4.69, 9.17) is 10.00 Å². The van der Waals surface area contributed by atoms with Gasteiger partial charge < -0.3 is 4.74 Å². The zero-order chi connectivity index (χ0) is 15.9. The van der Waals surface area contributed by atoms with Crippen molar-refractivity contribution in [2.75, 3.05) is 6.54 Å². The second-order valence-electron chi connectivity index (χ2n) is 6.78. The number of esters is 1. The third kappa shape index (κ3) is 2.21. The topological polar surface area (TPSA) is 53.3 Å². The van der Waals surface area contributed by atoms with Crippen LogP contribution >= 0.6 is 0 Å². The van der Waals surface area contributed by atoms with Crippen LogP contribution in [0.5, 0.6) is 0 Å². The molecule has 0 amide bonds. The number of carbonyl (C=O) groups is 1. The minimum atomic E-state index is -0.451. The lowest BCUT2D eigenvalue weighted by Crippen LogP contribution is -2.48. The Morgan fingerprint density at radius 1 is 1.39 bits per heavy atom. The number of nitrogens with zero attached hydrogens (tertiary/aromatic N) is 2. The molecule has 1 unspecified atom stereocenters. The quantitative estimate of drug-likeness (QED) is 0.447. The third-order valence-electron chi connectivity index (χ3n) is 5.48. The predicted molar refractivity (Wildman–Crippen MR) is 85.0 cm³/mol. The number of fused-ring (bicyclic) bond motifs is 3. The highest BCUT2D eigenvalue weighted by Gasteiger charge is 2.61. The van der Waals surface area contributed by atoms with Crippen molar-refractivity contribution < 1.29 is 9.53 Å². The molecule has 4 aliphatic rings. The van der Waals surface area contributed by atoms with Gasteiger partial charge in [0, 0.05) is 42.5 Å². The Morgan fingerprint density at radius 2 is 2.30 bits per heavy atom. The molecular formula is C19H20N2O2. The first kappa shape index (κ1) is 14.5. The fourth-order valence-corrected chi connectivity index (χ4v) is 4.58. The number of hydrogen-bond donors (Lipinski definition) is 0. The summed E-state index contributed by atoms with van der Waals surface area (Å²) in [7, 11) is 0. The van der Waals surface area contributed by atoms with E-state index < -0.39 is 5.60 Å². The van der Waals surface area contributed by atoms with Crippen LogP contribution in [-0.4, -0.2) is 35.1 Å². The largest absolute Gasteiger partial charge is 0.449 e. The summed E-state index contributed by atoms with van der Waals surface area (Å²) >= 11 is 0. The van der Waals surface area contributed by atoms with E-state index in [1.54, 1.807) is 6.08 Å². The van der Waals surface area contributed by atoms with Gasteiger partial charge in [-0.15, -0.1) is 0 Å². The van der Waals surface area contributed by atoms with Gasteiger partial charge in [0.2, 0.25) is 0 Å². The van der Waals surface area contributed by atoms with Gasteiger partial charge in [-0.25, -0.2) is 4.79 Å². The van der Waals surface area contributed by atoms with Crippen LogP contribution in [-0.2, 0) is 9.53 Å². The standard InChI is InChI=1S/C19H20N2O2/c20-9-5-2-1-3-7-14-11-15-13-19(16(14)12-18(22)23-19)17-8-4-6-10-21(15)17/h11-12,15,17H,1-2,4-6,8,10,13H2/t15-,17?,19+/m1/s1. The number of ether oxygens (including phenoxy) is 1. The summed E-state index contributed by atoms with van der Waals surface area (Å²) in [6.07, 6.45) is 10.4. The molecule has 0 N–H and O–H groups in total. The fraction of sp³-hybridized carbons (Fsp3) is 0.579. The Balaban J connectivity index is 1.65. The second kappa shape index (κ2) is 5.55. The molecule has 0 aromatic heterocycles. The summed E-state index contributed by atoms with van der Waals surface area (Å²) in [5.74, 6) is 6.20. The smallest absolute Gasteiger partial charge is 0.332 e. The lowest BCUT2D eigenvalue weighted by Gasteiger charge is -2.38. The van der Waals surface area contributed by atoms with Crippen molar-refractivity contribution in [3.8, 4) is 17.9 Å². The summed E-state index contributed by atoms with van der Waals surface area (Å²) in [6, 6.07) is 2.79. The first-order valence-corrected chi connectivity index (χ1v) is 8.53. The molecule has 4 rings (SSSR count). The number of rotatable bonds is 2. The molecule has 0 radical (unpaired) electrons. The maximum Gasteiger partial charge on any atom is 0.332 e. The highest BCUT2D eigenvalue weighted by molar-refractivity contribution is 5.90.